The Kier molecular flexibility index (Phi) is 7.54. The molecular weight excluding hydrogens is 346 g/mol. The molecule has 146 valence electrons. The molecule has 1 atom stereocenters. The molecule has 0 saturated carbocycles. The smallest absolute Gasteiger partial charge is 0.303 e. The summed E-state index contributed by atoms with van der Waals surface area (Å²) in [5, 5.41) is 1.26. The first-order valence-corrected chi connectivity index (χ1v) is 15.3. The highest BCUT2D eigenvalue weighted by atomic mass is 28.4. The number of rotatable bonds is 9. The van der Waals surface area contributed by atoms with Crippen molar-refractivity contribution in [3.63, 3.8) is 0 Å². The molecule has 0 radical (unpaired) electrons. The number of ether oxygens (including phenoxy) is 1. The van der Waals surface area contributed by atoms with Gasteiger partial charge in [-0.1, -0.05) is 59.7 Å². The van der Waals surface area contributed by atoms with Crippen molar-refractivity contribution in [2.45, 2.75) is 97.8 Å². The van der Waals surface area contributed by atoms with Gasteiger partial charge in [-0.25, -0.2) is 4.98 Å². The summed E-state index contributed by atoms with van der Waals surface area (Å²) in [6, 6.07) is 3.47. The largest absolute Gasteiger partial charge is 0.464 e. The van der Waals surface area contributed by atoms with Gasteiger partial charge in [-0.3, -0.25) is 0 Å². The van der Waals surface area contributed by atoms with Crippen LogP contribution >= 0.6 is 0 Å². The van der Waals surface area contributed by atoms with Gasteiger partial charge in [-0.15, -0.1) is 0 Å². The summed E-state index contributed by atoms with van der Waals surface area (Å²) in [7, 11) is -3.55. The minimum absolute atomic E-state index is 0.147. The zero-order valence-electron chi connectivity index (χ0n) is 18.1. The Balaban J connectivity index is 3.24. The quantitative estimate of drug-likeness (QED) is 0.498. The van der Waals surface area contributed by atoms with Crippen molar-refractivity contribution in [3.05, 3.63) is 5.89 Å². The topological polar surface area (TPSA) is 44.5 Å². The molecule has 0 aromatic carbocycles. The summed E-state index contributed by atoms with van der Waals surface area (Å²) in [6.07, 6.45) is -0.147. The number of hydrogen-bond acceptors (Lipinski definition) is 4. The number of hydrogen-bond donors (Lipinski definition) is 0. The molecule has 25 heavy (non-hydrogen) atoms. The molecule has 1 unspecified atom stereocenters. The monoisotopic (exact) mass is 385 g/mol. The van der Waals surface area contributed by atoms with Crippen molar-refractivity contribution in [2.24, 2.45) is 0 Å². The molecule has 0 aliphatic heterocycles. The molecule has 1 heterocycles. The lowest BCUT2D eigenvalue weighted by Crippen LogP contribution is -2.47. The Labute approximate surface area is 156 Å². The van der Waals surface area contributed by atoms with Gasteiger partial charge in [0.25, 0.3) is 0 Å². The van der Waals surface area contributed by atoms with Crippen molar-refractivity contribution < 1.29 is 13.6 Å². The van der Waals surface area contributed by atoms with Gasteiger partial charge in [-0.2, -0.15) is 0 Å². The van der Waals surface area contributed by atoms with Gasteiger partial charge in [0, 0.05) is 0 Å². The average molecular weight is 386 g/mol. The van der Waals surface area contributed by atoms with Crippen LogP contribution in [0, 0.1) is 0 Å². The third-order valence-corrected chi connectivity index (χ3v) is 16.0. The lowest BCUT2D eigenvalue weighted by Gasteiger charge is -2.37. The second kappa shape index (κ2) is 8.40. The second-order valence-corrected chi connectivity index (χ2v) is 18.4. The lowest BCUT2D eigenvalue weighted by atomic mass is 10.2. The highest BCUT2D eigenvalue weighted by Crippen LogP contribution is 2.40. The maximum Gasteiger partial charge on any atom is 0.303 e. The van der Waals surface area contributed by atoms with Crippen LogP contribution in [0.3, 0.4) is 0 Å². The first-order valence-electron chi connectivity index (χ1n) is 9.79. The third kappa shape index (κ3) is 4.77. The summed E-state index contributed by atoms with van der Waals surface area (Å²) >= 11 is 0. The summed E-state index contributed by atoms with van der Waals surface area (Å²) in [5.41, 5.74) is 0. The third-order valence-electron chi connectivity index (χ3n) is 6.05. The molecular formula is C19H39NO3Si2. The normalized spacial score (nSPS) is 14.6. The molecule has 4 nitrogen and oxygen atoms in total. The average Bonchev–Trinajstić information content (AvgIpc) is 2.93. The van der Waals surface area contributed by atoms with E-state index in [1.54, 1.807) is 0 Å². The van der Waals surface area contributed by atoms with Crippen LogP contribution in [0.2, 0.25) is 36.3 Å². The predicted molar refractivity (Wildman–Crippen MR) is 111 cm³/mol. The molecule has 0 N–H and O–H groups in total. The standard InChI is InChI=1S/C19H39NO3Si2/c1-11-21-18-17(25(12-2,13-3)14-4)20-16(22-18)15(5)23-24(9,10)19(6,7)8/h15H,11-14H2,1-10H3. The molecule has 0 spiro atoms. The van der Waals surface area contributed by atoms with E-state index in [0.29, 0.717) is 18.4 Å². The van der Waals surface area contributed by atoms with E-state index in [9.17, 15) is 0 Å². The Morgan fingerprint density at radius 2 is 1.56 bits per heavy atom. The van der Waals surface area contributed by atoms with Crippen LogP contribution in [0.5, 0.6) is 5.95 Å². The van der Waals surface area contributed by atoms with Crippen molar-refractivity contribution in [2.75, 3.05) is 6.61 Å². The Morgan fingerprint density at radius 1 is 1.04 bits per heavy atom. The van der Waals surface area contributed by atoms with Crippen molar-refractivity contribution in [1.29, 1.82) is 0 Å². The van der Waals surface area contributed by atoms with E-state index >= 15 is 0 Å². The van der Waals surface area contributed by atoms with E-state index in [1.807, 2.05) is 6.92 Å². The summed E-state index contributed by atoms with van der Waals surface area (Å²) < 4.78 is 18.4. The van der Waals surface area contributed by atoms with Crippen LogP contribution in [0.15, 0.2) is 4.42 Å². The van der Waals surface area contributed by atoms with Crippen molar-refractivity contribution in [1.82, 2.24) is 4.98 Å². The first kappa shape index (κ1) is 22.4. The van der Waals surface area contributed by atoms with Gasteiger partial charge in [0.05, 0.1) is 6.61 Å². The number of aromatic nitrogens is 1. The van der Waals surface area contributed by atoms with Gasteiger partial charge in [0.15, 0.2) is 8.32 Å². The highest BCUT2D eigenvalue weighted by Gasteiger charge is 2.41. The summed E-state index contributed by atoms with van der Waals surface area (Å²) in [4.78, 5) is 4.95. The number of nitrogens with zero attached hydrogens (tertiary/aromatic N) is 1. The second-order valence-electron chi connectivity index (χ2n) is 8.48. The van der Waals surface area contributed by atoms with Gasteiger partial charge in [0.1, 0.15) is 19.5 Å². The Hall–Kier alpha value is -0.596. The van der Waals surface area contributed by atoms with Crippen molar-refractivity contribution in [3.8, 4) is 5.95 Å². The van der Waals surface area contributed by atoms with Crippen LogP contribution < -0.4 is 10.1 Å². The van der Waals surface area contributed by atoms with Crippen LogP contribution in [-0.4, -0.2) is 28.0 Å². The summed E-state index contributed by atoms with van der Waals surface area (Å²) in [5.74, 6) is 1.32. The van der Waals surface area contributed by atoms with Gasteiger partial charge in [0.2, 0.25) is 5.89 Å². The fourth-order valence-electron chi connectivity index (χ4n) is 2.98. The molecule has 0 bridgehead atoms. The molecule has 0 saturated heterocycles. The van der Waals surface area contributed by atoms with Crippen molar-refractivity contribution >= 4 is 21.7 Å². The molecule has 0 fully saturated rings. The van der Waals surface area contributed by atoms with Crippen LogP contribution in [0.1, 0.15) is 67.4 Å². The first-order chi connectivity index (χ1) is 11.5. The molecule has 0 aliphatic rings. The maximum absolute atomic E-state index is 6.49. The van der Waals surface area contributed by atoms with Gasteiger partial charge in [-0.05, 0) is 32.0 Å². The Morgan fingerprint density at radius 3 is 1.96 bits per heavy atom. The van der Waals surface area contributed by atoms with E-state index in [1.165, 1.54) is 0 Å². The van der Waals surface area contributed by atoms with Crippen LogP contribution in [-0.2, 0) is 4.43 Å². The Bertz CT molecular complexity index is 537. The molecule has 0 amide bonds. The van der Waals surface area contributed by atoms with E-state index in [0.717, 1.165) is 23.4 Å². The van der Waals surface area contributed by atoms with E-state index < -0.39 is 16.4 Å². The zero-order chi connectivity index (χ0) is 19.5. The van der Waals surface area contributed by atoms with Crippen LogP contribution in [0.25, 0.3) is 0 Å². The minimum Gasteiger partial charge on any atom is -0.464 e. The predicted octanol–water partition coefficient (Wildman–Crippen LogP) is 5.87. The van der Waals surface area contributed by atoms with Gasteiger partial charge < -0.3 is 13.6 Å². The van der Waals surface area contributed by atoms with Crippen LogP contribution in [0.4, 0.5) is 0 Å². The zero-order valence-corrected chi connectivity index (χ0v) is 20.1. The van der Waals surface area contributed by atoms with E-state index in [4.69, 9.17) is 18.6 Å². The molecule has 0 aliphatic carbocycles. The number of oxazole rings is 1. The van der Waals surface area contributed by atoms with E-state index in [-0.39, 0.29) is 11.1 Å². The SMILES string of the molecule is CCOc1oc(C(C)O[Si](C)(C)C(C)(C)C)nc1[Si](CC)(CC)CC. The lowest BCUT2D eigenvalue weighted by molar-refractivity contribution is 0.155. The highest BCUT2D eigenvalue weighted by molar-refractivity contribution is 6.91. The molecule has 1 rings (SSSR count). The fraction of sp³-hybridized carbons (Fsp3) is 0.842. The van der Waals surface area contributed by atoms with E-state index in [2.05, 4.69) is 61.6 Å². The maximum atomic E-state index is 6.49. The molecule has 1 aromatic rings. The minimum atomic E-state index is -1.88. The van der Waals surface area contributed by atoms with Gasteiger partial charge >= 0.3 is 5.95 Å². The molecule has 1 aromatic heterocycles. The summed E-state index contributed by atoms with van der Waals surface area (Å²) in [6.45, 7) is 22.8. The fourth-order valence-corrected chi connectivity index (χ4v) is 7.73. The molecule has 6 heteroatoms.